The fourth-order valence-corrected chi connectivity index (χ4v) is 1.46. The average molecular weight is 259 g/mol. The van der Waals surface area contributed by atoms with E-state index in [2.05, 4.69) is 15.4 Å². The zero-order valence-electron chi connectivity index (χ0n) is 10.8. The van der Waals surface area contributed by atoms with E-state index >= 15 is 0 Å². The molecule has 0 bridgehead atoms. The molecule has 0 radical (unpaired) electrons. The largest absolute Gasteiger partial charge is 0.444 e. The summed E-state index contributed by atoms with van der Waals surface area (Å²) in [4.78, 5) is 15.7. The smallest absolute Gasteiger partial charge is 0.412 e. The van der Waals surface area contributed by atoms with Crippen LogP contribution in [0, 0.1) is 11.3 Å². The summed E-state index contributed by atoms with van der Waals surface area (Å²) in [5.41, 5.74) is 0.247. The molecule has 2 rings (SSSR count). The minimum Gasteiger partial charge on any atom is -0.444 e. The Morgan fingerprint density at radius 3 is 2.89 bits per heavy atom. The number of nitriles is 1. The lowest BCUT2D eigenvalue weighted by Crippen LogP contribution is -2.27. The maximum atomic E-state index is 11.7. The van der Waals surface area contributed by atoms with Crippen LogP contribution in [0.5, 0.6) is 0 Å². The zero-order valence-corrected chi connectivity index (χ0v) is 10.8. The third kappa shape index (κ3) is 2.98. The Morgan fingerprint density at radius 2 is 2.26 bits per heavy atom. The van der Waals surface area contributed by atoms with Crippen molar-refractivity contribution >= 4 is 17.4 Å². The fraction of sp³-hybridized carbons (Fsp3) is 0.333. The van der Waals surface area contributed by atoms with Crippen molar-refractivity contribution in [1.29, 1.82) is 5.26 Å². The van der Waals surface area contributed by atoms with Gasteiger partial charge in [0.25, 0.3) is 5.82 Å². The summed E-state index contributed by atoms with van der Waals surface area (Å²) in [7, 11) is 0. The average Bonchev–Trinajstić information content (AvgIpc) is 2.70. The highest BCUT2D eigenvalue weighted by Gasteiger charge is 2.17. The standard InChI is InChI=1S/C12H13N5O2/c1-12(2,3)19-11(18)14-8-5-4-6-17-10(8)15-9(7-13)16-17/h4-6H,1-3H3,(H,14,18). The summed E-state index contributed by atoms with van der Waals surface area (Å²) in [6.45, 7) is 5.33. The number of amides is 1. The number of carbonyl (C=O) groups excluding carboxylic acids is 1. The number of anilines is 1. The second kappa shape index (κ2) is 4.57. The summed E-state index contributed by atoms with van der Waals surface area (Å²) < 4.78 is 6.57. The molecular formula is C12H13N5O2. The van der Waals surface area contributed by atoms with E-state index in [-0.39, 0.29) is 5.82 Å². The molecule has 0 atom stereocenters. The molecule has 1 amide bonds. The number of rotatable bonds is 1. The number of hydrogen-bond donors (Lipinski definition) is 1. The minimum absolute atomic E-state index is 0.0402. The molecule has 0 saturated heterocycles. The molecule has 0 unspecified atom stereocenters. The lowest BCUT2D eigenvalue weighted by Gasteiger charge is -2.19. The first-order valence-corrected chi connectivity index (χ1v) is 5.64. The Bertz CT molecular complexity index is 663. The molecule has 0 aliphatic heterocycles. The number of fused-ring (bicyclic) bond motifs is 1. The van der Waals surface area contributed by atoms with Gasteiger partial charge in [-0.25, -0.2) is 9.31 Å². The number of ether oxygens (including phenoxy) is 1. The van der Waals surface area contributed by atoms with Gasteiger partial charge in [-0.05, 0) is 32.9 Å². The van der Waals surface area contributed by atoms with Crippen LogP contribution < -0.4 is 5.32 Å². The first-order valence-electron chi connectivity index (χ1n) is 5.64. The van der Waals surface area contributed by atoms with Gasteiger partial charge in [0.05, 0.1) is 5.69 Å². The minimum atomic E-state index is -0.583. The van der Waals surface area contributed by atoms with Gasteiger partial charge in [-0.2, -0.15) is 10.2 Å². The van der Waals surface area contributed by atoms with Crippen LogP contribution in [0.15, 0.2) is 18.3 Å². The van der Waals surface area contributed by atoms with Gasteiger partial charge < -0.3 is 4.74 Å². The Kier molecular flexibility index (Phi) is 3.09. The van der Waals surface area contributed by atoms with Crippen LogP contribution >= 0.6 is 0 Å². The molecule has 7 nitrogen and oxygen atoms in total. The number of carbonyl (C=O) groups is 1. The van der Waals surface area contributed by atoms with Gasteiger partial charge in [-0.1, -0.05) is 0 Å². The van der Waals surface area contributed by atoms with Gasteiger partial charge in [0, 0.05) is 6.20 Å². The summed E-state index contributed by atoms with van der Waals surface area (Å²) >= 11 is 0. The van der Waals surface area contributed by atoms with Crippen molar-refractivity contribution in [3.63, 3.8) is 0 Å². The number of nitrogens with one attached hydrogen (secondary N) is 1. The summed E-state index contributed by atoms with van der Waals surface area (Å²) in [6.07, 6.45) is 1.06. The maximum Gasteiger partial charge on any atom is 0.412 e. The quantitative estimate of drug-likeness (QED) is 0.844. The zero-order chi connectivity index (χ0) is 14.0. The van der Waals surface area contributed by atoms with E-state index in [0.29, 0.717) is 11.3 Å². The van der Waals surface area contributed by atoms with Gasteiger partial charge in [0.1, 0.15) is 11.7 Å². The number of hydrogen-bond acceptors (Lipinski definition) is 5. The van der Waals surface area contributed by atoms with Crippen molar-refractivity contribution in [2.45, 2.75) is 26.4 Å². The van der Waals surface area contributed by atoms with Crippen molar-refractivity contribution < 1.29 is 9.53 Å². The Labute approximate surface area is 109 Å². The SMILES string of the molecule is CC(C)(C)OC(=O)Nc1cccn2nc(C#N)nc12. The third-order valence-electron chi connectivity index (χ3n) is 2.10. The van der Waals surface area contributed by atoms with E-state index in [0.717, 1.165) is 0 Å². The first-order chi connectivity index (χ1) is 8.89. The predicted molar refractivity (Wildman–Crippen MR) is 67.6 cm³/mol. The lowest BCUT2D eigenvalue weighted by molar-refractivity contribution is 0.0636. The van der Waals surface area contributed by atoms with Crippen LogP contribution in [0.2, 0.25) is 0 Å². The molecule has 98 valence electrons. The van der Waals surface area contributed by atoms with Crippen LogP contribution in [-0.4, -0.2) is 26.3 Å². The monoisotopic (exact) mass is 259 g/mol. The van der Waals surface area contributed by atoms with E-state index in [1.807, 2.05) is 6.07 Å². The Balaban J connectivity index is 2.28. The number of nitrogens with zero attached hydrogens (tertiary/aromatic N) is 4. The molecule has 0 aliphatic carbocycles. The highest BCUT2D eigenvalue weighted by molar-refractivity contribution is 5.89. The van der Waals surface area contributed by atoms with Crippen molar-refractivity contribution in [1.82, 2.24) is 14.6 Å². The normalized spacial score (nSPS) is 11.1. The first kappa shape index (κ1) is 12.8. The number of aromatic nitrogens is 3. The predicted octanol–water partition coefficient (Wildman–Crippen LogP) is 1.95. The molecule has 2 aromatic heterocycles. The summed E-state index contributed by atoms with van der Waals surface area (Å²) in [5.74, 6) is 0.0402. The van der Waals surface area contributed by atoms with Crippen LogP contribution in [0.4, 0.5) is 10.5 Å². The van der Waals surface area contributed by atoms with Gasteiger partial charge in [0.15, 0.2) is 5.65 Å². The molecule has 0 aromatic carbocycles. The summed E-state index contributed by atoms with van der Waals surface area (Å²) in [5, 5.41) is 15.3. The van der Waals surface area contributed by atoms with Crippen LogP contribution in [0.1, 0.15) is 26.6 Å². The highest BCUT2D eigenvalue weighted by atomic mass is 16.6. The molecule has 2 heterocycles. The van der Waals surface area contributed by atoms with E-state index in [1.54, 1.807) is 39.1 Å². The van der Waals surface area contributed by atoms with E-state index in [9.17, 15) is 4.79 Å². The van der Waals surface area contributed by atoms with Crippen molar-refractivity contribution in [3.05, 3.63) is 24.2 Å². The lowest BCUT2D eigenvalue weighted by atomic mass is 10.2. The number of pyridine rings is 1. The van der Waals surface area contributed by atoms with E-state index in [1.165, 1.54) is 4.52 Å². The van der Waals surface area contributed by atoms with E-state index in [4.69, 9.17) is 10.00 Å². The molecular weight excluding hydrogens is 246 g/mol. The molecule has 0 saturated carbocycles. The molecule has 0 spiro atoms. The van der Waals surface area contributed by atoms with Gasteiger partial charge >= 0.3 is 6.09 Å². The van der Waals surface area contributed by atoms with Crippen LogP contribution in [0.25, 0.3) is 5.65 Å². The van der Waals surface area contributed by atoms with Crippen molar-refractivity contribution in [3.8, 4) is 6.07 Å². The molecule has 2 aromatic rings. The van der Waals surface area contributed by atoms with Gasteiger partial charge in [-0.15, -0.1) is 5.10 Å². The molecule has 0 aliphatic rings. The molecule has 19 heavy (non-hydrogen) atoms. The van der Waals surface area contributed by atoms with Crippen molar-refractivity contribution in [2.24, 2.45) is 0 Å². The second-order valence-electron chi connectivity index (χ2n) is 4.86. The maximum absolute atomic E-state index is 11.7. The molecule has 1 N–H and O–H groups in total. The molecule has 7 heteroatoms. The fourth-order valence-electron chi connectivity index (χ4n) is 1.46. The Hall–Kier alpha value is -2.62. The summed E-state index contributed by atoms with van der Waals surface area (Å²) in [6, 6.07) is 5.20. The molecule has 0 fully saturated rings. The van der Waals surface area contributed by atoms with Gasteiger partial charge in [0.2, 0.25) is 0 Å². The van der Waals surface area contributed by atoms with Crippen LogP contribution in [-0.2, 0) is 4.74 Å². The van der Waals surface area contributed by atoms with Gasteiger partial charge in [-0.3, -0.25) is 5.32 Å². The highest BCUT2D eigenvalue weighted by Crippen LogP contribution is 2.16. The Morgan fingerprint density at radius 1 is 1.53 bits per heavy atom. The second-order valence-corrected chi connectivity index (χ2v) is 4.86. The van der Waals surface area contributed by atoms with E-state index < -0.39 is 11.7 Å². The topological polar surface area (TPSA) is 92.3 Å². The third-order valence-corrected chi connectivity index (χ3v) is 2.10. The van der Waals surface area contributed by atoms with Crippen molar-refractivity contribution in [2.75, 3.05) is 5.32 Å². The van der Waals surface area contributed by atoms with Crippen LogP contribution in [0.3, 0.4) is 0 Å².